The third kappa shape index (κ3) is 6.36. The van der Waals surface area contributed by atoms with E-state index in [0.29, 0.717) is 19.5 Å². The first-order valence-corrected chi connectivity index (χ1v) is 5.35. The molecule has 0 saturated heterocycles. The first-order chi connectivity index (χ1) is 7.51. The Morgan fingerprint density at radius 1 is 1.31 bits per heavy atom. The largest absolute Gasteiger partial charge is 0.394 e. The molecule has 0 aliphatic rings. The molecular weight excluding hydrogens is 210 g/mol. The van der Waals surface area contributed by atoms with E-state index in [4.69, 9.17) is 5.11 Å². The number of nitrogens with zero attached hydrogens (tertiary/aromatic N) is 1. The Hall–Kier alpha value is -1.14. The summed E-state index contributed by atoms with van der Waals surface area (Å²) in [5, 5.41) is 13.8. The zero-order chi connectivity index (χ0) is 12.6. The summed E-state index contributed by atoms with van der Waals surface area (Å²) in [4.78, 5) is 24.5. The molecular formula is C10H21N3O3. The van der Waals surface area contributed by atoms with Crippen molar-refractivity contribution < 1.29 is 14.7 Å². The summed E-state index contributed by atoms with van der Waals surface area (Å²) in [5.74, 6) is -1.35. The second-order valence-electron chi connectivity index (χ2n) is 3.82. The van der Waals surface area contributed by atoms with E-state index in [0.717, 1.165) is 0 Å². The fraction of sp³-hybridized carbons (Fsp3) is 0.800. The summed E-state index contributed by atoms with van der Waals surface area (Å²) in [6, 6.07) is -0.355. The highest BCUT2D eigenvalue weighted by atomic mass is 16.3. The Labute approximate surface area is 96.0 Å². The van der Waals surface area contributed by atoms with Crippen LogP contribution in [-0.2, 0) is 9.59 Å². The van der Waals surface area contributed by atoms with Crippen molar-refractivity contribution in [3.8, 4) is 0 Å². The fourth-order valence-corrected chi connectivity index (χ4v) is 1.00. The van der Waals surface area contributed by atoms with Gasteiger partial charge in [-0.05, 0) is 20.5 Å². The Kier molecular flexibility index (Phi) is 7.49. The summed E-state index contributed by atoms with van der Waals surface area (Å²) < 4.78 is 0. The molecule has 16 heavy (non-hydrogen) atoms. The van der Waals surface area contributed by atoms with Crippen molar-refractivity contribution in [3.63, 3.8) is 0 Å². The van der Waals surface area contributed by atoms with Crippen LogP contribution in [0.1, 0.15) is 13.3 Å². The summed E-state index contributed by atoms with van der Waals surface area (Å²) in [6.45, 7) is 2.77. The lowest BCUT2D eigenvalue weighted by Gasteiger charge is -2.14. The van der Waals surface area contributed by atoms with E-state index in [1.807, 2.05) is 25.9 Å². The number of hydrogen-bond acceptors (Lipinski definition) is 4. The maximum Gasteiger partial charge on any atom is 0.309 e. The van der Waals surface area contributed by atoms with Crippen molar-refractivity contribution in [1.29, 1.82) is 0 Å². The molecule has 6 nitrogen and oxygen atoms in total. The molecule has 2 amide bonds. The Morgan fingerprint density at radius 3 is 2.38 bits per heavy atom. The standard InChI is InChI=1S/C10H21N3O3/c1-4-8(7-14)12-10(16)9(15)11-5-6-13(2)3/h8,14H,4-7H2,1-3H3,(H,11,15)(H,12,16). The van der Waals surface area contributed by atoms with Crippen LogP contribution in [0.5, 0.6) is 0 Å². The molecule has 0 heterocycles. The van der Waals surface area contributed by atoms with Crippen LogP contribution < -0.4 is 10.6 Å². The van der Waals surface area contributed by atoms with Gasteiger partial charge in [0.15, 0.2) is 0 Å². The minimum atomic E-state index is -0.695. The lowest BCUT2D eigenvalue weighted by Crippen LogP contribution is -2.46. The molecule has 1 unspecified atom stereocenters. The summed E-state index contributed by atoms with van der Waals surface area (Å²) >= 11 is 0. The molecule has 1 atom stereocenters. The number of aliphatic hydroxyl groups is 1. The predicted octanol–water partition coefficient (Wildman–Crippen LogP) is -1.45. The predicted molar refractivity (Wildman–Crippen MR) is 60.9 cm³/mol. The number of aliphatic hydroxyl groups excluding tert-OH is 1. The van der Waals surface area contributed by atoms with Crippen LogP contribution in [0.4, 0.5) is 0 Å². The van der Waals surface area contributed by atoms with Gasteiger partial charge in [-0.25, -0.2) is 0 Å². The summed E-state index contributed by atoms with van der Waals surface area (Å²) in [7, 11) is 3.76. The molecule has 0 bridgehead atoms. The van der Waals surface area contributed by atoms with Gasteiger partial charge in [0.25, 0.3) is 0 Å². The van der Waals surface area contributed by atoms with Crippen LogP contribution in [0.3, 0.4) is 0 Å². The average molecular weight is 231 g/mol. The molecule has 6 heteroatoms. The highest BCUT2D eigenvalue weighted by molar-refractivity contribution is 6.35. The van der Waals surface area contributed by atoms with Crippen LogP contribution in [0.15, 0.2) is 0 Å². The van der Waals surface area contributed by atoms with E-state index in [1.165, 1.54) is 0 Å². The smallest absolute Gasteiger partial charge is 0.309 e. The number of nitrogens with one attached hydrogen (secondary N) is 2. The van der Waals surface area contributed by atoms with Gasteiger partial charge >= 0.3 is 11.8 Å². The SMILES string of the molecule is CCC(CO)NC(=O)C(=O)NCCN(C)C. The molecule has 0 aromatic rings. The highest BCUT2D eigenvalue weighted by Gasteiger charge is 2.16. The van der Waals surface area contributed by atoms with Crippen LogP contribution in [0.2, 0.25) is 0 Å². The van der Waals surface area contributed by atoms with E-state index in [2.05, 4.69) is 10.6 Å². The van der Waals surface area contributed by atoms with Gasteiger partial charge in [-0.2, -0.15) is 0 Å². The number of carbonyl (C=O) groups excluding carboxylic acids is 2. The van der Waals surface area contributed by atoms with E-state index >= 15 is 0 Å². The van der Waals surface area contributed by atoms with Gasteiger partial charge in [-0.1, -0.05) is 6.92 Å². The monoisotopic (exact) mass is 231 g/mol. The van der Waals surface area contributed by atoms with Crippen LogP contribution in [-0.4, -0.2) is 61.7 Å². The van der Waals surface area contributed by atoms with Gasteiger partial charge < -0.3 is 20.6 Å². The minimum absolute atomic E-state index is 0.160. The minimum Gasteiger partial charge on any atom is -0.394 e. The Morgan fingerprint density at radius 2 is 1.94 bits per heavy atom. The molecule has 94 valence electrons. The van der Waals surface area contributed by atoms with Crippen LogP contribution in [0, 0.1) is 0 Å². The molecule has 0 aliphatic carbocycles. The van der Waals surface area contributed by atoms with Crippen LogP contribution >= 0.6 is 0 Å². The normalized spacial score (nSPS) is 12.3. The maximum absolute atomic E-state index is 11.3. The molecule has 0 rings (SSSR count). The van der Waals surface area contributed by atoms with Crippen molar-refractivity contribution in [2.75, 3.05) is 33.8 Å². The van der Waals surface area contributed by atoms with Crippen molar-refractivity contribution in [2.24, 2.45) is 0 Å². The number of likely N-dealkylation sites (N-methyl/N-ethyl adjacent to an activating group) is 1. The van der Waals surface area contributed by atoms with Gasteiger partial charge in [0.2, 0.25) is 0 Å². The van der Waals surface area contributed by atoms with Crippen molar-refractivity contribution in [2.45, 2.75) is 19.4 Å². The second kappa shape index (κ2) is 8.06. The first kappa shape index (κ1) is 14.9. The highest BCUT2D eigenvalue weighted by Crippen LogP contribution is 1.88. The van der Waals surface area contributed by atoms with Crippen LogP contribution in [0.25, 0.3) is 0 Å². The lowest BCUT2D eigenvalue weighted by molar-refractivity contribution is -0.139. The number of amides is 2. The van der Waals surface area contributed by atoms with Gasteiger partial charge in [-0.3, -0.25) is 9.59 Å². The van der Waals surface area contributed by atoms with E-state index < -0.39 is 11.8 Å². The molecule has 0 aromatic carbocycles. The number of hydrogen-bond donors (Lipinski definition) is 3. The molecule has 0 saturated carbocycles. The quantitative estimate of drug-likeness (QED) is 0.489. The molecule has 0 aromatic heterocycles. The van der Waals surface area contributed by atoms with E-state index in [-0.39, 0.29) is 12.6 Å². The maximum atomic E-state index is 11.3. The lowest BCUT2D eigenvalue weighted by atomic mass is 10.2. The molecule has 0 fully saturated rings. The van der Waals surface area contributed by atoms with Crippen molar-refractivity contribution in [3.05, 3.63) is 0 Å². The molecule has 0 spiro atoms. The third-order valence-electron chi connectivity index (χ3n) is 2.10. The van der Waals surface area contributed by atoms with Gasteiger partial charge in [0.1, 0.15) is 0 Å². The van der Waals surface area contributed by atoms with E-state index in [9.17, 15) is 9.59 Å². The average Bonchev–Trinajstić information content (AvgIpc) is 2.24. The Balaban J connectivity index is 3.85. The Bertz CT molecular complexity index is 227. The number of rotatable bonds is 6. The third-order valence-corrected chi connectivity index (χ3v) is 2.10. The summed E-state index contributed by atoms with van der Waals surface area (Å²) in [5.41, 5.74) is 0. The second-order valence-corrected chi connectivity index (χ2v) is 3.82. The topological polar surface area (TPSA) is 81.7 Å². The zero-order valence-electron chi connectivity index (χ0n) is 10.1. The van der Waals surface area contributed by atoms with Gasteiger partial charge in [0, 0.05) is 13.1 Å². The zero-order valence-corrected chi connectivity index (χ0v) is 10.1. The first-order valence-electron chi connectivity index (χ1n) is 5.35. The van der Waals surface area contributed by atoms with Gasteiger partial charge in [0.05, 0.1) is 12.6 Å². The van der Waals surface area contributed by atoms with Crippen molar-refractivity contribution >= 4 is 11.8 Å². The summed E-state index contributed by atoms with van der Waals surface area (Å²) in [6.07, 6.45) is 0.590. The number of carbonyl (C=O) groups is 2. The van der Waals surface area contributed by atoms with E-state index in [1.54, 1.807) is 0 Å². The molecule has 0 radical (unpaired) electrons. The van der Waals surface area contributed by atoms with Crippen molar-refractivity contribution in [1.82, 2.24) is 15.5 Å². The molecule has 3 N–H and O–H groups in total. The molecule has 0 aliphatic heterocycles. The van der Waals surface area contributed by atoms with Gasteiger partial charge in [-0.15, -0.1) is 0 Å². The fourth-order valence-electron chi connectivity index (χ4n) is 1.00.